The lowest BCUT2D eigenvalue weighted by atomic mass is 9.98. The maximum Gasteiger partial charge on any atom is 0.132 e. The molecule has 0 spiro atoms. The van der Waals surface area contributed by atoms with Gasteiger partial charge in [0, 0.05) is 42.8 Å². The van der Waals surface area contributed by atoms with Crippen LogP contribution in [0.2, 0.25) is 5.02 Å². The van der Waals surface area contributed by atoms with Crippen LogP contribution in [0.1, 0.15) is 31.4 Å². The zero-order valence-corrected chi connectivity index (χ0v) is 13.0. The molecule has 0 radical (unpaired) electrons. The van der Waals surface area contributed by atoms with Gasteiger partial charge in [0.25, 0.3) is 0 Å². The fraction of sp³-hybridized carbons (Fsp3) is 0.571. The number of halogens is 4. The minimum absolute atomic E-state index is 0. The SMILES string of the molecule is CCC[C@@H](c1c(F)cc(Cl)cc1F)N1CCNCC1.Cl. The first-order chi connectivity index (χ1) is 9.13. The number of nitrogens with zero attached hydrogens (tertiary/aromatic N) is 1. The Morgan fingerprint density at radius 3 is 2.30 bits per heavy atom. The van der Waals surface area contributed by atoms with E-state index in [2.05, 4.69) is 10.2 Å². The molecule has 2 nitrogen and oxygen atoms in total. The first-order valence-electron chi connectivity index (χ1n) is 6.72. The van der Waals surface area contributed by atoms with Crippen molar-refractivity contribution in [3.05, 3.63) is 34.4 Å². The van der Waals surface area contributed by atoms with Gasteiger partial charge in [-0.05, 0) is 18.6 Å². The molecule has 6 heteroatoms. The molecule has 1 aliphatic rings. The first kappa shape index (κ1) is 17.6. The fourth-order valence-corrected chi connectivity index (χ4v) is 2.84. The van der Waals surface area contributed by atoms with Crippen molar-refractivity contribution in [1.29, 1.82) is 0 Å². The number of nitrogens with one attached hydrogen (secondary N) is 1. The highest BCUT2D eigenvalue weighted by Crippen LogP contribution is 2.32. The molecule has 1 fully saturated rings. The van der Waals surface area contributed by atoms with Crippen molar-refractivity contribution >= 4 is 24.0 Å². The lowest BCUT2D eigenvalue weighted by Gasteiger charge is -2.35. The van der Waals surface area contributed by atoms with Gasteiger partial charge >= 0.3 is 0 Å². The van der Waals surface area contributed by atoms with Gasteiger partial charge in [0.2, 0.25) is 0 Å². The van der Waals surface area contributed by atoms with Gasteiger partial charge in [-0.3, -0.25) is 4.90 Å². The Balaban J connectivity index is 0.00000200. The Labute approximate surface area is 129 Å². The van der Waals surface area contributed by atoms with E-state index in [1.807, 2.05) is 6.92 Å². The highest BCUT2D eigenvalue weighted by Gasteiger charge is 2.27. The van der Waals surface area contributed by atoms with Crippen LogP contribution >= 0.6 is 24.0 Å². The first-order valence-corrected chi connectivity index (χ1v) is 7.10. The number of hydrogen-bond donors (Lipinski definition) is 1. The quantitative estimate of drug-likeness (QED) is 0.906. The number of rotatable bonds is 4. The molecule has 1 heterocycles. The Morgan fingerprint density at radius 2 is 1.80 bits per heavy atom. The van der Waals surface area contributed by atoms with Gasteiger partial charge in [0.05, 0.1) is 0 Å². The van der Waals surface area contributed by atoms with Crippen molar-refractivity contribution in [2.75, 3.05) is 26.2 Å². The Kier molecular flexibility index (Phi) is 7.17. The average Bonchev–Trinajstić information content (AvgIpc) is 2.37. The van der Waals surface area contributed by atoms with Crippen molar-refractivity contribution in [3.63, 3.8) is 0 Å². The van der Waals surface area contributed by atoms with E-state index in [-0.39, 0.29) is 29.0 Å². The molecule has 20 heavy (non-hydrogen) atoms. The van der Waals surface area contributed by atoms with Crippen LogP contribution in [0.15, 0.2) is 12.1 Å². The van der Waals surface area contributed by atoms with Gasteiger partial charge in [-0.1, -0.05) is 24.9 Å². The highest BCUT2D eigenvalue weighted by atomic mass is 35.5. The van der Waals surface area contributed by atoms with Crippen LogP contribution in [0.25, 0.3) is 0 Å². The molecule has 1 aromatic rings. The van der Waals surface area contributed by atoms with E-state index in [1.165, 1.54) is 12.1 Å². The smallest absolute Gasteiger partial charge is 0.132 e. The third-order valence-electron chi connectivity index (χ3n) is 3.53. The molecule has 114 valence electrons. The molecule has 1 aromatic carbocycles. The lowest BCUT2D eigenvalue weighted by molar-refractivity contribution is 0.158. The van der Waals surface area contributed by atoms with Crippen molar-refractivity contribution < 1.29 is 8.78 Å². The largest absolute Gasteiger partial charge is 0.314 e. The second-order valence-electron chi connectivity index (χ2n) is 4.87. The number of benzene rings is 1. The van der Waals surface area contributed by atoms with Gasteiger partial charge in [-0.25, -0.2) is 8.78 Å². The molecule has 2 rings (SSSR count). The summed E-state index contributed by atoms with van der Waals surface area (Å²) in [5, 5.41) is 3.36. The van der Waals surface area contributed by atoms with Crippen molar-refractivity contribution in [2.45, 2.75) is 25.8 Å². The lowest BCUT2D eigenvalue weighted by Crippen LogP contribution is -2.45. The minimum Gasteiger partial charge on any atom is -0.314 e. The summed E-state index contributed by atoms with van der Waals surface area (Å²) in [7, 11) is 0. The van der Waals surface area contributed by atoms with Gasteiger partial charge in [0.1, 0.15) is 11.6 Å². The summed E-state index contributed by atoms with van der Waals surface area (Å²) < 4.78 is 28.1. The average molecular weight is 325 g/mol. The summed E-state index contributed by atoms with van der Waals surface area (Å²) >= 11 is 5.69. The van der Waals surface area contributed by atoms with E-state index in [4.69, 9.17) is 11.6 Å². The third kappa shape index (κ3) is 4.04. The Morgan fingerprint density at radius 1 is 1.25 bits per heavy atom. The van der Waals surface area contributed by atoms with Crippen LogP contribution in [-0.4, -0.2) is 31.1 Å². The second-order valence-corrected chi connectivity index (χ2v) is 5.31. The summed E-state index contributed by atoms with van der Waals surface area (Å²) in [5.41, 5.74) is 0.160. The molecule has 0 unspecified atom stereocenters. The molecule has 0 aromatic heterocycles. The van der Waals surface area contributed by atoms with Gasteiger partial charge in [0.15, 0.2) is 0 Å². The molecule has 1 N–H and O–H groups in total. The van der Waals surface area contributed by atoms with E-state index >= 15 is 0 Å². The molecular formula is C14H20Cl2F2N2. The Hall–Kier alpha value is -0.420. The van der Waals surface area contributed by atoms with Gasteiger partial charge in [-0.2, -0.15) is 0 Å². The zero-order chi connectivity index (χ0) is 13.8. The standard InChI is InChI=1S/C14H19ClF2N2.ClH/c1-2-3-13(19-6-4-18-5-7-19)14-11(16)8-10(15)9-12(14)17;/h8-9,13,18H,2-7H2,1H3;1H/t13-;/m0./s1. The molecule has 1 atom stereocenters. The predicted octanol–water partition coefficient (Wildman–Crippen LogP) is 3.79. The van der Waals surface area contributed by atoms with Crippen LogP contribution in [0.4, 0.5) is 8.78 Å². The molecule has 1 saturated heterocycles. The van der Waals surface area contributed by atoms with Gasteiger partial charge in [-0.15, -0.1) is 12.4 Å². The summed E-state index contributed by atoms with van der Waals surface area (Å²) in [4.78, 5) is 2.15. The predicted molar refractivity (Wildman–Crippen MR) is 80.7 cm³/mol. The molecule has 0 saturated carbocycles. The van der Waals surface area contributed by atoms with Crippen LogP contribution in [0, 0.1) is 11.6 Å². The van der Waals surface area contributed by atoms with Crippen LogP contribution in [0.3, 0.4) is 0 Å². The molecule has 0 aliphatic carbocycles. The summed E-state index contributed by atoms with van der Waals surface area (Å²) in [6.07, 6.45) is 1.63. The van der Waals surface area contributed by atoms with E-state index < -0.39 is 11.6 Å². The van der Waals surface area contributed by atoms with Crippen LogP contribution in [0.5, 0.6) is 0 Å². The van der Waals surface area contributed by atoms with E-state index in [9.17, 15) is 8.78 Å². The van der Waals surface area contributed by atoms with Crippen LogP contribution < -0.4 is 5.32 Å². The topological polar surface area (TPSA) is 15.3 Å². The van der Waals surface area contributed by atoms with Crippen LogP contribution in [-0.2, 0) is 0 Å². The van der Waals surface area contributed by atoms with E-state index in [0.29, 0.717) is 0 Å². The normalized spacial score (nSPS) is 17.6. The van der Waals surface area contributed by atoms with Gasteiger partial charge < -0.3 is 5.32 Å². The van der Waals surface area contributed by atoms with Crippen molar-refractivity contribution in [1.82, 2.24) is 10.2 Å². The molecule has 0 amide bonds. The highest BCUT2D eigenvalue weighted by molar-refractivity contribution is 6.30. The fourth-order valence-electron chi connectivity index (χ4n) is 2.65. The third-order valence-corrected chi connectivity index (χ3v) is 3.75. The molecular weight excluding hydrogens is 305 g/mol. The number of hydrogen-bond acceptors (Lipinski definition) is 2. The van der Waals surface area contributed by atoms with Crippen molar-refractivity contribution in [3.8, 4) is 0 Å². The monoisotopic (exact) mass is 324 g/mol. The molecule has 0 bridgehead atoms. The number of piperazine rings is 1. The summed E-state index contributed by atoms with van der Waals surface area (Å²) in [6, 6.07) is 2.19. The molecule has 1 aliphatic heterocycles. The summed E-state index contributed by atoms with van der Waals surface area (Å²) in [6.45, 7) is 5.37. The maximum atomic E-state index is 14.1. The maximum absolute atomic E-state index is 14.1. The van der Waals surface area contributed by atoms with E-state index in [1.54, 1.807) is 0 Å². The zero-order valence-electron chi connectivity index (χ0n) is 11.5. The Bertz CT molecular complexity index is 414. The van der Waals surface area contributed by atoms with Crippen molar-refractivity contribution in [2.24, 2.45) is 0 Å². The minimum atomic E-state index is -0.540. The summed E-state index contributed by atoms with van der Waals surface area (Å²) in [5.74, 6) is -1.08. The second kappa shape index (κ2) is 8.13. The van der Waals surface area contributed by atoms with E-state index in [0.717, 1.165) is 39.0 Å².